The van der Waals surface area contributed by atoms with Gasteiger partial charge in [0, 0.05) is 95.5 Å². The summed E-state index contributed by atoms with van der Waals surface area (Å²) in [6.45, 7) is 10.6. The minimum atomic E-state index is -1.22. The van der Waals surface area contributed by atoms with Gasteiger partial charge in [-0.2, -0.15) is 0 Å². The second-order valence-electron chi connectivity index (χ2n) is 20.5. The Morgan fingerprint density at radius 2 is 0.987 bits per heavy atom. The molecule has 5 N–H and O–H groups in total. The second-order valence-corrected chi connectivity index (χ2v) is 20.5. The Bertz CT molecular complexity index is 2020. The molecule has 2 aromatic rings. The summed E-state index contributed by atoms with van der Waals surface area (Å²) in [5.41, 5.74) is 0.485. The molecular weight excluding hydrogens is 1010 g/mol. The number of aliphatic hydroxyl groups excluding tert-OH is 4. The molecule has 4 aliphatic rings. The fourth-order valence-corrected chi connectivity index (χ4v) is 10.4. The number of aromatic nitrogens is 6. The molecule has 4 saturated heterocycles. The van der Waals surface area contributed by atoms with Gasteiger partial charge < -0.3 is 96.8 Å². The Labute approximate surface area is 443 Å². The van der Waals surface area contributed by atoms with E-state index in [-0.39, 0.29) is 39.4 Å². The number of carbonyl (C=O) groups excluding carboxylic acids is 1. The Kier molecular flexibility index (Phi) is 23.5. The molecule has 6 heterocycles. The molecule has 4 fully saturated rings. The zero-order valence-corrected chi connectivity index (χ0v) is 46.0. The van der Waals surface area contributed by atoms with Crippen LogP contribution in [0.25, 0.3) is 0 Å². The number of carbonyl (C=O) groups is 1. The number of amides is 1. The van der Waals surface area contributed by atoms with Gasteiger partial charge in [-0.1, -0.05) is 10.4 Å². The summed E-state index contributed by atoms with van der Waals surface area (Å²) in [4.78, 5) is 14.6. The first-order chi connectivity index (χ1) is 36.3. The van der Waals surface area contributed by atoms with Crippen molar-refractivity contribution in [2.24, 2.45) is 0 Å². The summed E-state index contributed by atoms with van der Waals surface area (Å²) in [7, 11) is 11.7. The van der Waals surface area contributed by atoms with Crippen molar-refractivity contribution in [3.8, 4) is 0 Å². The van der Waals surface area contributed by atoms with Crippen molar-refractivity contribution in [2.75, 3.05) is 83.2 Å². The van der Waals surface area contributed by atoms with Gasteiger partial charge in [0.2, 0.25) is 0 Å². The van der Waals surface area contributed by atoms with Crippen molar-refractivity contribution in [3.05, 3.63) is 23.8 Å². The maximum atomic E-state index is 12.5. The molecule has 2 aromatic heterocycles. The lowest BCUT2D eigenvalue weighted by atomic mass is 9.94. The maximum absolute atomic E-state index is 12.5. The number of nitrogens with zero attached hydrogens (tertiary/aromatic N) is 7. The highest BCUT2D eigenvalue weighted by Crippen LogP contribution is 2.34. The lowest BCUT2D eigenvalue weighted by Gasteiger charge is -2.47. The van der Waals surface area contributed by atoms with E-state index in [2.05, 4.69) is 30.8 Å². The van der Waals surface area contributed by atoms with Gasteiger partial charge in [-0.15, -0.1) is 10.2 Å². The Hall–Kier alpha value is -3.21. The second kappa shape index (κ2) is 28.8. The third-order valence-corrected chi connectivity index (χ3v) is 13.9. The van der Waals surface area contributed by atoms with Crippen molar-refractivity contribution in [3.63, 3.8) is 0 Å². The molecule has 0 spiro atoms. The molecule has 0 bridgehead atoms. The molecule has 8 unspecified atom stereocenters. The Morgan fingerprint density at radius 1 is 0.592 bits per heavy atom. The number of hydrogen-bond acceptors (Lipinski definition) is 25. The summed E-state index contributed by atoms with van der Waals surface area (Å²) in [6.07, 6.45) is -14.8. The molecule has 28 nitrogen and oxygen atoms in total. The van der Waals surface area contributed by atoms with E-state index in [1.807, 2.05) is 0 Å². The fraction of sp³-hybridized carbons (Fsp3) is 0.896. The van der Waals surface area contributed by atoms with Crippen LogP contribution in [0.2, 0.25) is 0 Å². The number of alkyl carbamates (subject to hydrolysis) is 1. The normalized spacial score (nSPS) is 36.4. The van der Waals surface area contributed by atoms with E-state index in [0.717, 1.165) is 0 Å². The molecule has 20 atom stereocenters. The van der Waals surface area contributed by atoms with Crippen LogP contribution in [0.3, 0.4) is 0 Å². The lowest BCUT2D eigenvalue weighted by molar-refractivity contribution is -0.346. The molecule has 28 heteroatoms. The van der Waals surface area contributed by atoms with Crippen molar-refractivity contribution >= 4 is 6.09 Å². The first-order valence-electron chi connectivity index (χ1n) is 25.6. The van der Waals surface area contributed by atoms with Crippen molar-refractivity contribution < 1.29 is 96.3 Å². The minimum Gasteiger partial charge on any atom is -0.444 e. The van der Waals surface area contributed by atoms with Crippen molar-refractivity contribution in [1.82, 2.24) is 40.2 Å². The molecule has 1 amide bonds. The topological polar surface area (TPSA) is 313 Å². The van der Waals surface area contributed by atoms with Gasteiger partial charge in [-0.3, -0.25) is 4.90 Å². The first-order valence-corrected chi connectivity index (χ1v) is 25.6. The number of hydrogen-bond donors (Lipinski definition) is 5. The molecule has 6 rings (SSSR count). The van der Waals surface area contributed by atoms with Crippen LogP contribution in [0.5, 0.6) is 0 Å². The van der Waals surface area contributed by atoms with E-state index in [1.165, 1.54) is 56.9 Å². The van der Waals surface area contributed by atoms with Crippen LogP contribution in [0.15, 0.2) is 12.4 Å². The highest BCUT2D eigenvalue weighted by atomic mass is 16.7. The summed E-state index contributed by atoms with van der Waals surface area (Å²) >= 11 is 0. The average Bonchev–Trinajstić information content (AvgIpc) is 4.01. The monoisotopic (exact) mass is 1090 g/mol. The molecule has 0 radical (unpaired) electrons. The zero-order chi connectivity index (χ0) is 55.4. The third kappa shape index (κ3) is 15.6. The van der Waals surface area contributed by atoms with Crippen molar-refractivity contribution in [1.29, 1.82) is 0 Å². The van der Waals surface area contributed by atoms with Gasteiger partial charge >= 0.3 is 6.09 Å². The molecular formula is C48H84N8O20. The molecule has 76 heavy (non-hydrogen) atoms. The third-order valence-electron chi connectivity index (χ3n) is 13.9. The van der Waals surface area contributed by atoms with E-state index in [4.69, 9.17) is 71.1 Å². The highest BCUT2D eigenvalue weighted by molar-refractivity contribution is 5.67. The van der Waals surface area contributed by atoms with E-state index in [9.17, 15) is 25.2 Å². The fourth-order valence-electron chi connectivity index (χ4n) is 10.4. The minimum absolute atomic E-state index is 0.0727. The summed E-state index contributed by atoms with van der Waals surface area (Å²) in [5, 5.41) is 66.6. The van der Waals surface area contributed by atoms with Gasteiger partial charge in [-0.25, -0.2) is 14.2 Å². The van der Waals surface area contributed by atoms with Gasteiger partial charge in [0.25, 0.3) is 0 Å². The quantitative estimate of drug-likeness (QED) is 0.0663. The number of rotatable bonds is 26. The van der Waals surface area contributed by atoms with Crippen LogP contribution in [0.4, 0.5) is 4.79 Å². The number of nitrogens with one attached hydrogen (secondary N) is 1. The van der Waals surface area contributed by atoms with Gasteiger partial charge in [0.05, 0.1) is 49.9 Å². The largest absolute Gasteiger partial charge is 0.444 e. The molecule has 0 aromatic carbocycles. The highest BCUT2D eigenvalue weighted by Gasteiger charge is 2.53. The first kappa shape index (κ1) is 62.0. The Morgan fingerprint density at radius 3 is 1.43 bits per heavy atom. The van der Waals surface area contributed by atoms with E-state index >= 15 is 0 Å². The Balaban J connectivity index is 1.17. The van der Waals surface area contributed by atoms with Crippen LogP contribution in [-0.2, 0) is 97.2 Å². The van der Waals surface area contributed by atoms with Crippen LogP contribution in [0, 0.1) is 0 Å². The number of aliphatic hydroxyl groups is 4. The molecule has 0 saturated carbocycles. The van der Waals surface area contributed by atoms with Gasteiger partial charge in [-0.05, 0) is 41.0 Å². The smallest absolute Gasteiger partial charge is 0.407 e. The summed E-state index contributed by atoms with van der Waals surface area (Å²) in [6, 6.07) is 0. The number of methoxy groups -OCH3 is 8. The average molecular weight is 1090 g/mol. The summed E-state index contributed by atoms with van der Waals surface area (Å²) < 4.78 is 91.3. The number of ether oxygens (including phenoxy) is 15. The molecule has 4 aliphatic heterocycles. The van der Waals surface area contributed by atoms with E-state index in [1.54, 1.807) is 56.4 Å². The standard InChI is InChI=1S/C48H84N8O20/c1-25-37(64-8)33(57)41(74-46-44(69-13)36(60)40(67-11)31(73-46)23-62-6)30(70-25)22-56-20-28(51-53-56)18-54(16-14-15-49-47(61)76-48(3,4)5)17-27-19-55(52-50-27)21-29-39(66-10)35(59)43(68-12)45(72-29)75-42-32(24-63-7)71-26(2)38(65-9)34(42)58/h19-20,25-26,29-46,57-60H,14-18,21-24H2,1-13H3,(H,49,61)/t25-,26-,29?,30?,31?,32?,33+,34+,35-,36-,37?,38?,39+,40+,41+,42+,43?,44?,45-,46-/m0/s1. The molecule has 436 valence electrons. The lowest BCUT2D eigenvalue weighted by Crippen LogP contribution is -2.65. The van der Waals surface area contributed by atoms with Crippen LogP contribution in [0.1, 0.15) is 52.4 Å². The van der Waals surface area contributed by atoms with Crippen LogP contribution < -0.4 is 5.32 Å². The van der Waals surface area contributed by atoms with Gasteiger partial charge in [0.1, 0.15) is 103 Å². The van der Waals surface area contributed by atoms with E-state index < -0.39 is 134 Å². The van der Waals surface area contributed by atoms with Gasteiger partial charge in [0.15, 0.2) is 12.6 Å². The molecule has 0 aliphatic carbocycles. The zero-order valence-electron chi connectivity index (χ0n) is 46.0. The predicted molar refractivity (Wildman–Crippen MR) is 261 cm³/mol. The van der Waals surface area contributed by atoms with E-state index in [0.29, 0.717) is 30.9 Å². The SMILES string of the molecule is COCC1O[C@@H](O[C@@H]2C(Cn3cc(CN(CCCNC(=O)OC(C)(C)C)Cc4cn(CC5O[C@@H](O[C@@H]6C(COC)O[C@@H](C)C(OC)[C@H]6O)C(OC)[C@@H](O)[C@@H]5OC)nn4)nn3)O[C@@H](C)C(OC)[C@H]2O)C(OC)[C@@H](O)[C@@H]1OC. The predicted octanol–water partition coefficient (Wildman–Crippen LogP) is -1.59. The summed E-state index contributed by atoms with van der Waals surface area (Å²) in [5.74, 6) is 0. The van der Waals surface area contributed by atoms with Crippen LogP contribution >= 0.6 is 0 Å². The van der Waals surface area contributed by atoms with Crippen LogP contribution in [-0.4, -0.2) is 273 Å². The van der Waals surface area contributed by atoms with Crippen molar-refractivity contribution in [2.45, 2.75) is 195 Å². The maximum Gasteiger partial charge on any atom is 0.407 e.